The van der Waals surface area contributed by atoms with Crippen LogP contribution in [0.2, 0.25) is 0 Å². The number of ether oxygens (including phenoxy) is 3. The van der Waals surface area contributed by atoms with Gasteiger partial charge in [0.15, 0.2) is 5.75 Å². The maximum absolute atomic E-state index is 6.13. The lowest BCUT2D eigenvalue weighted by molar-refractivity contribution is 0.00578. The van der Waals surface area contributed by atoms with Gasteiger partial charge in [-0.1, -0.05) is 0 Å². The Kier molecular flexibility index (Phi) is 4.84. The van der Waals surface area contributed by atoms with Crippen molar-refractivity contribution in [3.8, 4) is 17.5 Å². The quantitative estimate of drug-likeness (QED) is 0.548. The Morgan fingerprint density at radius 1 is 0.909 bits per heavy atom. The van der Waals surface area contributed by atoms with Crippen molar-refractivity contribution < 1.29 is 23.5 Å². The lowest BCUT2D eigenvalue weighted by Gasteiger charge is -2.32. The Hall–Kier alpha value is -0.735. The molecule has 0 amide bonds. The van der Waals surface area contributed by atoms with Crippen LogP contribution in [0.4, 0.5) is 0 Å². The van der Waals surface area contributed by atoms with E-state index in [1.54, 1.807) is 14.2 Å². The zero-order valence-corrected chi connectivity index (χ0v) is 16.1. The first kappa shape index (κ1) is 17.6. The normalized spacial score (nSPS) is 19.2. The summed E-state index contributed by atoms with van der Waals surface area (Å²) in [6, 6.07) is 0. The predicted molar refractivity (Wildman–Crippen MR) is 92.3 cm³/mol. The standard InChI is InChI=1S/C14H21BINO5/c1-13(2)14(3,4)22-15(21-13)8-9(16)11(19-6)17-12(20-7)10(8)18-5/h1-7H3. The van der Waals surface area contributed by atoms with Gasteiger partial charge in [0, 0.05) is 5.46 Å². The van der Waals surface area contributed by atoms with E-state index in [9.17, 15) is 0 Å². The number of hydrogen-bond acceptors (Lipinski definition) is 6. The van der Waals surface area contributed by atoms with Gasteiger partial charge in [0.25, 0.3) is 5.88 Å². The van der Waals surface area contributed by atoms with Crippen molar-refractivity contribution >= 4 is 35.2 Å². The lowest BCUT2D eigenvalue weighted by Crippen LogP contribution is -2.41. The summed E-state index contributed by atoms with van der Waals surface area (Å²) in [5.74, 6) is 1.28. The number of hydrogen-bond donors (Lipinski definition) is 0. The maximum Gasteiger partial charge on any atom is 0.500 e. The Bertz CT molecular complexity index is 563. The highest BCUT2D eigenvalue weighted by molar-refractivity contribution is 14.1. The number of rotatable bonds is 4. The Morgan fingerprint density at radius 3 is 1.82 bits per heavy atom. The number of methoxy groups -OCH3 is 3. The molecule has 0 atom stereocenters. The van der Waals surface area contributed by atoms with Gasteiger partial charge >= 0.3 is 7.12 Å². The van der Waals surface area contributed by atoms with Crippen LogP contribution >= 0.6 is 22.6 Å². The largest absolute Gasteiger partial charge is 0.500 e. The molecule has 8 heteroatoms. The van der Waals surface area contributed by atoms with Crippen LogP contribution in [0, 0.1) is 3.57 Å². The maximum atomic E-state index is 6.13. The average Bonchev–Trinajstić information content (AvgIpc) is 2.66. The average molecular weight is 421 g/mol. The number of halogens is 1. The molecule has 1 aromatic rings. The summed E-state index contributed by atoms with van der Waals surface area (Å²) in [6.45, 7) is 8.01. The van der Waals surface area contributed by atoms with Crippen molar-refractivity contribution in [3.63, 3.8) is 0 Å². The van der Waals surface area contributed by atoms with E-state index in [4.69, 9.17) is 23.5 Å². The summed E-state index contributed by atoms with van der Waals surface area (Å²) < 4.78 is 29.1. The molecule has 1 fully saturated rings. The van der Waals surface area contributed by atoms with Gasteiger partial charge in [-0.2, -0.15) is 4.98 Å². The second-order valence-electron chi connectivity index (χ2n) is 5.98. The molecule has 22 heavy (non-hydrogen) atoms. The fourth-order valence-corrected chi connectivity index (χ4v) is 3.00. The number of pyridine rings is 1. The Balaban J connectivity index is 2.60. The molecule has 0 spiro atoms. The fourth-order valence-electron chi connectivity index (χ4n) is 2.16. The van der Waals surface area contributed by atoms with Crippen molar-refractivity contribution in [3.05, 3.63) is 3.57 Å². The lowest BCUT2D eigenvalue weighted by atomic mass is 9.78. The number of aromatic nitrogens is 1. The second-order valence-corrected chi connectivity index (χ2v) is 7.06. The highest BCUT2D eigenvalue weighted by Crippen LogP contribution is 2.39. The van der Waals surface area contributed by atoms with Gasteiger partial charge in [0.1, 0.15) is 0 Å². The Labute approximate surface area is 145 Å². The van der Waals surface area contributed by atoms with E-state index in [1.807, 2.05) is 27.7 Å². The molecule has 0 aliphatic carbocycles. The first-order valence-electron chi connectivity index (χ1n) is 6.89. The van der Waals surface area contributed by atoms with Gasteiger partial charge in [-0.3, -0.25) is 0 Å². The molecule has 2 rings (SSSR count). The molecule has 2 heterocycles. The van der Waals surface area contributed by atoms with Crippen molar-refractivity contribution in [2.45, 2.75) is 38.9 Å². The van der Waals surface area contributed by atoms with Crippen molar-refractivity contribution in [2.24, 2.45) is 0 Å². The molecule has 0 saturated carbocycles. The summed E-state index contributed by atoms with van der Waals surface area (Å²) in [4.78, 5) is 4.30. The first-order valence-corrected chi connectivity index (χ1v) is 7.97. The zero-order chi connectivity index (χ0) is 16.7. The SMILES string of the molecule is COc1nc(OC)c(OC)c(B2OC(C)(C)C(C)(C)O2)c1I. The van der Waals surface area contributed by atoms with E-state index in [1.165, 1.54) is 7.11 Å². The molecule has 0 bridgehead atoms. The van der Waals surface area contributed by atoms with Crippen LogP contribution in [0.25, 0.3) is 0 Å². The molecule has 1 aromatic heterocycles. The van der Waals surface area contributed by atoms with Crippen LogP contribution in [-0.2, 0) is 9.31 Å². The molecule has 1 saturated heterocycles. The summed E-state index contributed by atoms with van der Waals surface area (Å²) in [5.41, 5.74) is -0.171. The molecule has 0 aromatic carbocycles. The van der Waals surface area contributed by atoms with E-state index < -0.39 is 18.3 Å². The van der Waals surface area contributed by atoms with Crippen LogP contribution in [0.3, 0.4) is 0 Å². The van der Waals surface area contributed by atoms with Gasteiger partial charge in [-0.25, -0.2) is 0 Å². The third-order valence-electron chi connectivity index (χ3n) is 4.15. The van der Waals surface area contributed by atoms with Crippen LogP contribution < -0.4 is 19.7 Å². The van der Waals surface area contributed by atoms with E-state index in [2.05, 4.69) is 27.6 Å². The summed E-state index contributed by atoms with van der Waals surface area (Å²) in [6.07, 6.45) is 0. The summed E-state index contributed by atoms with van der Waals surface area (Å²) in [5, 5.41) is 0. The van der Waals surface area contributed by atoms with Crippen molar-refractivity contribution in [1.29, 1.82) is 0 Å². The fraction of sp³-hybridized carbons (Fsp3) is 0.643. The molecule has 0 radical (unpaired) electrons. The highest BCUT2D eigenvalue weighted by Gasteiger charge is 2.53. The van der Waals surface area contributed by atoms with E-state index >= 15 is 0 Å². The predicted octanol–water partition coefficient (Wildman–Crippen LogP) is 2.01. The summed E-state index contributed by atoms with van der Waals surface area (Å²) in [7, 11) is 4.07. The minimum Gasteiger partial charge on any atom is -0.492 e. The van der Waals surface area contributed by atoms with Gasteiger partial charge in [0.2, 0.25) is 5.88 Å². The van der Waals surface area contributed by atoms with E-state index in [0.29, 0.717) is 17.5 Å². The van der Waals surface area contributed by atoms with Gasteiger partial charge in [-0.05, 0) is 50.3 Å². The van der Waals surface area contributed by atoms with Gasteiger partial charge in [0.05, 0.1) is 36.1 Å². The Morgan fingerprint density at radius 2 is 1.41 bits per heavy atom. The molecule has 1 aliphatic heterocycles. The molecule has 122 valence electrons. The van der Waals surface area contributed by atoms with Crippen LogP contribution in [0.15, 0.2) is 0 Å². The molecular formula is C14H21BINO5. The second kappa shape index (κ2) is 6.05. The smallest absolute Gasteiger partial charge is 0.492 e. The molecule has 6 nitrogen and oxygen atoms in total. The van der Waals surface area contributed by atoms with Gasteiger partial charge < -0.3 is 23.5 Å². The van der Waals surface area contributed by atoms with Crippen LogP contribution in [-0.4, -0.2) is 44.6 Å². The topological polar surface area (TPSA) is 59.0 Å². The van der Waals surface area contributed by atoms with Crippen molar-refractivity contribution in [1.82, 2.24) is 4.98 Å². The minimum atomic E-state index is -0.586. The van der Waals surface area contributed by atoms with E-state index in [0.717, 1.165) is 9.03 Å². The van der Waals surface area contributed by atoms with Gasteiger partial charge in [-0.15, -0.1) is 0 Å². The molecule has 0 unspecified atom stereocenters. The summed E-state index contributed by atoms with van der Waals surface area (Å²) >= 11 is 2.15. The van der Waals surface area contributed by atoms with Crippen molar-refractivity contribution in [2.75, 3.05) is 21.3 Å². The van der Waals surface area contributed by atoms with Crippen LogP contribution in [0.5, 0.6) is 17.5 Å². The zero-order valence-electron chi connectivity index (χ0n) is 13.9. The molecule has 1 aliphatic rings. The first-order chi connectivity index (χ1) is 10.2. The third-order valence-corrected chi connectivity index (χ3v) is 5.19. The highest BCUT2D eigenvalue weighted by atomic mass is 127. The molecular weight excluding hydrogens is 400 g/mol. The number of nitrogens with zero attached hydrogens (tertiary/aromatic N) is 1. The monoisotopic (exact) mass is 421 g/mol. The molecule has 0 N–H and O–H groups in total. The van der Waals surface area contributed by atoms with E-state index in [-0.39, 0.29) is 0 Å². The third kappa shape index (κ3) is 2.76. The minimum absolute atomic E-state index is 0.337. The van der Waals surface area contributed by atoms with Crippen LogP contribution in [0.1, 0.15) is 27.7 Å².